The van der Waals surface area contributed by atoms with Gasteiger partial charge in [-0.2, -0.15) is 5.26 Å². The van der Waals surface area contributed by atoms with E-state index in [1.165, 1.54) is 0 Å². The quantitative estimate of drug-likeness (QED) is 0.503. The summed E-state index contributed by atoms with van der Waals surface area (Å²) in [6.45, 7) is 1.88. The summed E-state index contributed by atoms with van der Waals surface area (Å²) in [6, 6.07) is 7.39. The standard InChI is InChI=1S/C16H9ClN6/c1-9-7-23-8-11(4-10(5-18)16(23)20-9)15-19-6-13-12(22-15)2-3-14(17)21-13/h2-4,6-8H,1H3. The summed E-state index contributed by atoms with van der Waals surface area (Å²) in [6.07, 6.45) is 5.35. The number of hydrogen-bond donors (Lipinski definition) is 0. The summed E-state index contributed by atoms with van der Waals surface area (Å²) in [5.74, 6) is 0.520. The first-order chi connectivity index (χ1) is 11.1. The van der Waals surface area contributed by atoms with Crippen molar-refractivity contribution < 1.29 is 0 Å². The molecule has 4 aromatic rings. The second kappa shape index (κ2) is 5.00. The Morgan fingerprint density at radius 3 is 2.83 bits per heavy atom. The van der Waals surface area contributed by atoms with E-state index >= 15 is 0 Å². The second-order valence-electron chi connectivity index (χ2n) is 5.10. The summed E-state index contributed by atoms with van der Waals surface area (Å²) < 4.78 is 1.82. The van der Waals surface area contributed by atoms with Gasteiger partial charge in [-0.3, -0.25) is 0 Å². The Morgan fingerprint density at radius 1 is 1.13 bits per heavy atom. The average molecular weight is 321 g/mol. The van der Waals surface area contributed by atoms with E-state index in [1.807, 2.05) is 23.7 Å². The maximum Gasteiger partial charge on any atom is 0.161 e. The molecule has 4 aromatic heterocycles. The highest BCUT2D eigenvalue weighted by Gasteiger charge is 2.11. The Labute approximate surface area is 136 Å². The van der Waals surface area contributed by atoms with Gasteiger partial charge in [0.05, 0.1) is 23.0 Å². The molecule has 0 aliphatic heterocycles. The first-order valence-corrected chi connectivity index (χ1v) is 7.21. The van der Waals surface area contributed by atoms with Crippen molar-refractivity contribution in [3.05, 3.63) is 53.2 Å². The Morgan fingerprint density at radius 2 is 2.00 bits per heavy atom. The molecule has 0 N–H and O–H groups in total. The Hall–Kier alpha value is -3.04. The van der Waals surface area contributed by atoms with Gasteiger partial charge in [0.15, 0.2) is 11.5 Å². The van der Waals surface area contributed by atoms with Crippen LogP contribution in [0.5, 0.6) is 0 Å². The van der Waals surface area contributed by atoms with E-state index in [-0.39, 0.29) is 0 Å². The number of aromatic nitrogens is 5. The molecule has 6 nitrogen and oxygen atoms in total. The number of fused-ring (bicyclic) bond motifs is 2. The van der Waals surface area contributed by atoms with Crippen molar-refractivity contribution >= 4 is 28.3 Å². The molecule has 0 spiro atoms. The summed E-state index contributed by atoms with van der Waals surface area (Å²) >= 11 is 5.87. The van der Waals surface area contributed by atoms with Crippen molar-refractivity contribution in [1.82, 2.24) is 24.3 Å². The lowest BCUT2D eigenvalue weighted by Crippen LogP contribution is -1.95. The molecular weight excluding hydrogens is 312 g/mol. The second-order valence-corrected chi connectivity index (χ2v) is 5.49. The van der Waals surface area contributed by atoms with E-state index in [2.05, 4.69) is 26.0 Å². The SMILES string of the molecule is Cc1cn2cc(-c3ncc4nc(Cl)ccc4n3)cc(C#N)c2n1. The smallest absolute Gasteiger partial charge is 0.161 e. The Bertz CT molecular complexity index is 1110. The fourth-order valence-electron chi connectivity index (χ4n) is 2.46. The van der Waals surface area contributed by atoms with E-state index in [0.29, 0.717) is 33.2 Å². The van der Waals surface area contributed by atoms with Gasteiger partial charge in [-0.15, -0.1) is 0 Å². The molecule has 0 aliphatic carbocycles. The molecule has 4 rings (SSSR count). The van der Waals surface area contributed by atoms with E-state index in [0.717, 1.165) is 11.3 Å². The number of halogens is 1. The van der Waals surface area contributed by atoms with Crippen molar-refractivity contribution in [1.29, 1.82) is 5.26 Å². The first kappa shape index (κ1) is 13.6. The fourth-order valence-corrected chi connectivity index (χ4v) is 2.62. The number of imidazole rings is 1. The van der Waals surface area contributed by atoms with Crippen molar-refractivity contribution in [3.63, 3.8) is 0 Å². The molecule has 4 heterocycles. The molecule has 0 amide bonds. The predicted octanol–water partition coefficient (Wildman–Crippen LogP) is 3.17. The largest absolute Gasteiger partial charge is 0.305 e. The lowest BCUT2D eigenvalue weighted by molar-refractivity contribution is 1.14. The summed E-state index contributed by atoms with van der Waals surface area (Å²) in [4.78, 5) is 17.4. The third-order valence-corrected chi connectivity index (χ3v) is 3.66. The highest BCUT2D eigenvalue weighted by molar-refractivity contribution is 6.29. The summed E-state index contributed by atoms with van der Waals surface area (Å²) in [5, 5.41) is 9.75. The zero-order valence-electron chi connectivity index (χ0n) is 12.0. The molecule has 0 aromatic carbocycles. The van der Waals surface area contributed by atoms with Crippen molar-refractivity contribution in [2.45, 2.75) is 6.92 Å². The van der Waals surface area contributed by atoms with Crippen LogP contribution in [0.4, 0.5) is 0 Å². The van der Waals surface area contributed by atoms with Gasteiger partial charge in [0.1, 0.15) is 16.7 Å². The normalized spacial score (nSPS) is 11.0. The van der Waals surface area contributed by atoms with Crippen LogP contribution in [0, 0.1) is 18.3 Å². The van der Waals surface area contributed by atoms with Crippen LogP contribution in [-0.4, -0.2) is 24.3 Å². The molecule has 0 radical (unpaired) electrons. The van der Waals surface area contributed by atoms with Gasteiger partial charge < -0.3 is 4.40 Å². The van der Waals surface area contributed by atoms with Gasteiger partial charge in [0.2, 0.25) is 0 Å². The number of aryl methyl sites for hydroxylation is 1. The van der Waals surface area contributed by atoms with Gasteiger partial charge in [-0.05, 0) is 25.1 Å². The topological polar surface area (TPSA) is 79.8 Å². The molecule has 0 bridgehead atoms. The van der Waals surface area contributed by atoms with E-state index in [4.69, 9.17) is 11.6 Å². The third-order valence-electron chi connectivity index (χ3n) is 3.45. The third kappa shape index (κ3) is 2.28. The van der Waals surface area contributed by atoms with Crippen LogP contribution < -0.4 is 0 Å². The highest BCUT2D eigenvalue weighted by atomic mass is 35.5. The number of nitriles is 1. The van der Waals surface area contributed by atoms with Gasteiger partial charge in [-0.1, -0.05) is 11.6 Å². The minimum absolute atomic E-state index is 0.399. The molecule has 0 aliphatic rings. The molecule has 0 saturated heterocycles. The average Bonchev–Trinajstić information content (AvgIpc) is 2.93. The van der Waals surface area contributed by atoms with Gasteiger partial charge in [0, 0.05) is 18.0 Å². The van der Waals surface area contributed by atoms with Crippen LogP contribution in [0.3, 0.4) is 0 Å². The molecule has 0 unspecified atom stereocenters. The van der Waals surface area contributed by atoms with Crippen LogP contribution in [0.1, 0.15) is 11.3 Å². The maximum atomic E-state index is 9.35. The zero-order chi connectivity index (χ0) is 16.0. The molecular formula is C16H9ClN6. The predicted molar refractivity (Wildman–Crippen MR) is 86.0 cm³/mol. The minimum Gasteiger partial charge on any atom is -0.305 e. The molecule has 0 saturated carbocycles. The van der Waals surface area contributed by atoms with Crippen molar-refractivity contribution in [3.8, 4) is 17.5 Å². The van der Waals surface area contributed by atoms with Gasteiger partial charge >= 0.3 is 0 Å². The Balaban J connectivity index is 1.94. The van der Waals surface area contributed by atoms with Gasteiger partial charge in [0.25, 0.3) is 0 Å². The van der Waals surface area contributed by atoms with E-state index < -0.39 is 0 Å². The molecule has 110 valence electrons. The molecule has 0 fully saturated rings. The van der Waals surface area contributed by atoms with E-state index in [9.17, 15) is 5.26 Å². The molecule has 0 atom stereocenters. The van der Waals surface area contributed by atoms with Crippen LogP contribution in [0.25, 0.3) is 28.1 Å². The number of hydrogen-bond acceptors (Lipinski definition) is 5. The van der Waals surface area contributed by atoms with Crippen LogP contribution in [0.15, 0.2) is 36.8 Å². The number of pyridine rings is 2. The lowest BCUT2D eigenvalue weighted by Gasteiger charge is -2.04. The van der Waals surface area contributed by atoms with Crippen LogP contribution in [-0.2, 0) is 0 Å². The van der Waals surface area contributed by atoms with Crippen LogP contribution in [0.2, 0.25) is 5.15 Å². The summed E-state index contributed by atoms with van der Waals surface area (Å²) in [5.41, 5.74) is 4.01. The fraction of sp³-hybridized carbons (Fsp3) is 0.0625. The zero-order valence-corrected chi connectivity index (χ0v) is 12.8. The number of nitrogens with zero attached hydrogens (tertiary/aromatic N) is 6. The summed E-state index contributed by atoms with van der Waals surface area (Å²) in [7, 11) is 0. The molecule has 7 heteroatoms. The molecule has 23 heavy (non-hydrogen) atoms. The highest BCUT2D eigenvalue weighted by Crippen LogP contribution is 2.22. The van der Waals surface area contributed by atoms with Gasteiger partial charge in [-0.25, -0.2) is 19.9 Å². The minimum atomic E-state index is 0.399. The van der Waals surface area contributed by atoms with Crippen molar-refractivity contribution in [2.24, 2.45) is 0 Å². The Kier molecular flexibility index (Phi) is 2.96. The van der Waals surface area contributed by atoms with Crippen LogP contribution >= 0.6 is 11.6 Å². The van der Waals surface area contributed by atoms with E-state index in [1.54, 1.807) is 24.4 Å². The lowest BCUT2D eigenvalue weighted by atomic mass is 10.2. The maximum absolute atomic E-state index is 9.35. The first-order valence-electron chi connectivity index (χ1n) is 6.83. The number of rotatable bonds is 1. The monoisotopic (exact) mass is 320 g/mol. The van der Waals surface area contributed by atoms with Crippen molar-refractivity contribution in [2.75, 3.05) is 0 Å².